The third-order valence-electron chi connectivity index (χ3n) is 2.96. The first-order valence-electron chi connectivity index (χ1n) is 6.07. The summed E-state index contributed by atoms with van der Waals surface area (Å²) >= 11 is 0. The predicted molar refractivity (Wildman–Crippen MR) is 67.8 cm³/mol. The largest absolute Gasteiger partial charge is 0.435 e. The van der Waals surface area contributed by atoms with Crippen LogP contribution < -0.4 is 10.5 Å². The van der Waals surface area contributed by atoms with Crippen molar-refractivity contribution in [2.24, 2.45) is 5.73 Å². The van der Waals surface area contributed by atoms with Crippen LogP contribution in [-0.4, -0.2) is 31.1 Å². The molecule has 1 unspecified atom stereocenters. The van der Waals surface area contributed by atoms with E-state index < -0.39 is 6.61 Å². The number of likely N-dealkylation sites (N-methyl/N-ethyl adjacent to an activating group) is 1. The van der Waals surface area contributed by atoms with Gasteiger partial charge >= 0.3 is 6.61 Å². The minimum absolute atomic E-state index is 0.183. The monoisotopic (exact) mass is 258 g/mol. The van der Waals surface area contributed by atoms with E-state index in [1.54, 1.807) is 12.1 Å². The molecule has 0 spiro atoms. The van der Waals surface area contributed by atoms with E-state index in [-0.39, 0.29) is 11.8 Å². The third-order valence-corrected chi connectivity index (χ3v) is 2.96. The van der Waals surface area contributed by atoms with Gasteiger partial charge in [-0.05, 0) is 31.2 Å². The van der Waals surface area contributed by atoms with Gasteiger partial charge < -0.3 is 10.5 Å². The van der Waals surface area contributed by atoms with Crippen molar-refractivity contribution in [2.75, 3.05) is 19.6 Å². The first-order chi connectivity index (χ1) is 8.58. The molecule has 0 saturated carbocycles. The molecule has 0 aliphatic rings. The molecule has 18 heavy (non-hydrogen) atoms. The fraction of sp³-hybridized carbons (Fsp3) is 0.538. The fourth-order valence-electron chi connectivity index (χ4n) is 1.93. The van der Waals surface area contributed by atoms with E-state index in [1.165, 1.54) is 0 Å². The van der Waals surface area contributed by atoms with Gasteiger partial charge in [0, 0.05) is 19.1 Å². The highest BCUT2D eigenvalue weighted by Gasteiger charge is 2.13. The molecule has 0 radical (unpaired) electrons. The summed E-state index contributed by atoms with van der Waals surface area (Å²) in [5, 5.41) is 0. The molecule has 0 aromatic heterocycles. The van der Waals surface area contributed by atoms with Gasteiger partial charge in [0.1, 0.15) is 5.75 Å². The molecule has 3 nitrogen and oxygen atoms in total. The molecule has 0 saturated heterocycles. The van der Waals surface area contributed by atoms with Gasteiger partial charge in [-0.15, -0.1) is 0 Å². The van der Waals surface area contributed by atoms with Gasteiger partial charge in [0.25, 0.3) is 0 Å². The highest BCUT2D eigenvalue weighted by atomic mass is 19.3. The average Bonchev–Trinajstić information content (AvgIpc) is 2.35. The van der Waals surface area contributed by atoms with E-state index in [2.05, 4.69) is 23.5 Å². The van der Waals surface area contributed by atoms with Crippen molar-refractivity contribution in [1.29, 1.82) is 0 Å². The second-order valence-corrected chi connectivity index (χ2v) is 4.04. The lowest BCUT2D eigenvalue weighted by molar-refractivity contribution is -0.0498. The molecule has 102 valence electrons. The molecule has 2 N–H and O–H groups in total. The van der Waals surface area contributed by atoms with Crippen molar-refractivity contribution in [3.8, 4) is 5.75 Å². The Kier molecular flexibility index (Phi) is 6.01. The Labute approximate surface area is 107 Å². The van der Waals surface area contributed by atoms with Crippen molar-refractivity contribution < 1.29 is 13.5 Å². The van der Waals surface area contributed by atoms with Crippen LogP contribution in [0.4, 0.5) is 8.78 Å². The Bertz CT molecular complexity index is 343. The fourth-order valence-corrected chi connectivity index (χ4v) is 1.93. The molecular weight excluding hydrogens is 238 g/mol. The lowest BCUT2D eigenvalue weighted by Gasteiger charge is -2.27. The van der Waals surface area contributed by atoms with Gasteiger partial charge in [0.15, 0.2) is 0 Å². The smallest absolute Gasteiger partial charge is 0.387 e. The molecule has 1 atom stereocenters. The van der Waals surface area contributed by atoms with Gasteiger partial charge in [0.2, 0.25) is 0 Å². The zero-order valence-electron chi connectivity index (χ0n) is 10.8. The number of benzene rings is 1. The number of hydrogen-bond acceptors (Lipinski definition) is 3. The van der Waals surface area contributed by atoms with Gasteiger partial charge in [-0.1, -0.05) is 19.1 Å². The summed E-state index contributed by atoms with van der Waals surface area (Å²) in [6.45, 7) is 3.67. The number of ether oxygens (including phenoxy) is 1. The van der Waals surface area contributed by atoms with E-state index in [0.717, 1.165) is 18.7 Å². The Balaban J connectivity index is 2.71. The van der Waals surface area contributed by atoms with Gasteiger partial charge in [0.05, 0.1) is 0 Å². The maximum Gasteiger partial charge on any atom is 0.387 e. The van der Waals surface area contributed by atoms with Crippen LogP contribution in [0.2, 0.25) is 0 Å². The molecular formula is C13H20F2N2O. The molecule has 0 heterocycles. The van der Waals surface area contributed by atoms with Crippen LogP contribution in [0, 0.1) is 0 Å². The van der Waals surface area contributed by atoms with E-state index in [1.807, 2.05) is 12.1 Å². The van der Waals surface area contributed by atoms with Crippen molar-refractivity contribution in [3.63, 3.8) is 0 Å². The second-order valence-electron chi connectivity index (χ2n) is 4.04. The summed E-state index contributed by atoms with van der Waals surface area (Å²) in [4.78, 5) is 2.23. The highest BCUT2D eigenvalue weighted by Crippen LogP contribution is 2.23. The van der Waals surface area contributed by atoms with Crippen molar-refractivity contribution in [2.45, 2.75) is 26.5 Å². The molecule has 0 fully saturated rings. The Morgan fingerprint density at radius 3 is 2.33 bits per heavy atom. The topological polar surface area (TPSA) is 38.5 Å². The Morgan fingerprint density at radius 2 is 1.89 bits per heavy atom. The van der Waals surface area contributed by atoms with E-state index in [0.29, 0.717) is 6.54 Å². The predicted octanol–water partition coefficient (Wildman–Crippen LogP) is 2.63. The van der Waals surface area contributed by atoms with Crippen LogP contribution in [-0.2, 0) is 0 Å². The van der Waals surface area contributed by atoms with Crippen molar-refractivity contribution in [1.82, 2.24) is 4.90 Å². The van der Waals surface area contributed by atoms with Crippen LogP contribution in [0.5, 0.6) is 5.75 Å². The van der Waals surface area contributed by atoms with Gasteiger partial charge in [-0.25, -0.2) is 0 Å². The van der Waals surface area contributed by atoms with E-state index in [4.69, 9.17) is 5.73 Å². The van der Waals surface area contributed by atoms with Crippen LogP contribution >= 0.6 is 0 Å². The molecule has 1 rings (SSSR count). The number of nitrogens with two attached hydrogens (primary N) is 1. The van der Waals surface area contributed by atoms with Crippen molar-refractivity contribution in [3.05, 3.63) is 29.8 Å². The van der Waals surface area contributed by atoms with Crippen molar-refractivity contribution >= 4 is 0 Å². The molecule has 0 aliphatic heterocycles. The van der Waals surface area contributed by atoms with E-state index >= 15 is 0 Å². The number of nitrogens with zero attached hydrogens (tertiary/aromatic N) is 1. The zero-order chi connectivity index (χ0) is 13.5. The number of alkyl halides is 2. The van der Waals surface area contributed by atoms with E-state index in [9.17, 15) is 8.78 Å². The zero-order valence-corrected chi connectivity index (χ0v) is 10.8. The quantitative estimate of drug-likeness (QED) is 0.817. The normalized spacial score (nSPS) is 13.1. The molecule has 1 aromatic rings. The first kappa shape index (κ1) is 14.9. The summed E-state index contributed by atoms with van der Waals surface area (Å²) in [6.07, 6.45) is 0. The maximum absolute atomic E-state index is 12.0. The lowest BCUT2D eigenvalue weighted by atomic mass is 10.1. The van der Waals surface area contributed by atoms with Crippen LogP contribution in [0.1, 0.15) is 25.5 Å². The summed E-state index contributed by atoms with van der Waals surface area (Å²) in [6, 6.07) is 6.95. The number of rotatable bonds is 7. The SMILES string of the molecule is CCN(CCN)C(C)c1ccc(OC(F)F)cc1. The maximum atomic E-state index is 12.0. The summed E-state index contributed by atoms with van der Waals surface area (Å²) in [5.41, 5.74) is 6.62. The standard InChI is InChI=1S/C13H20F2N2O/c1-3-17(9-8-16)10(2)11-4-6-12(7-5-11)18-13(14)15/h4-7,10,13H,3,8-9,16H2,1-2H3. The minimum atomic E-state index is -2.78. The molecule has 0 bridgehead atoms. The second kappa shape index (κ2) is 7.28. The van der Waals surface area contributed by atoms with Gasteiger partial charge in [-0.3, -0.25) is 4.90 Å². The van der Waals surface area contributed by atoms with Gasteiger partial charge in [-0.2, -0.15) is 8.78 Å². The first-order valence-corrected chi connectivity index (χ1v) is 6.07. The molecule has 0 amide bonds. The minimum Gasteiger partial charge on any atom is -0.435 e. The molecule has 1 aromatic carbocycles. The highest BCUT2D eigenvalue weighted by molar-refractivity contribution is 5.29. The van der Waals surface area contributed by atoms with Crippen LogP contribution in [0.25, 0.3) is 0 Å². The number of hydrogen-bond donors (Lipinski definition) is 1. The number of halogens is 2. The lowest BCUT2D eigenvalue weighted by Crippen LogP contribution is -2.31. The summed E-state index contributed by atoms with van der Waals surface area (Å²) in [5.74, 6) is 0.183. The molecule has 0 aliphatic carbocycles. The Morgan fingerprint density at radius 1 is 1.28 bits per heavy atom. The Hall–Kier alpha value is -1.20. The molecule has 5 heteroatoms. The third kappa shape index (κ3) is 4.23. The van der Waals surface area contributed by atoms with Crippen LogP contribution in [0.15, 0.2) is 24.3 Å². The van der Waals surface area contributed by atoms with Crippen LogP contribution in [0.3, 0.4) is 0 Å². The average molecular weight is 258 g/mol. The summed E-state index contributed by atoms with van der Waals surface area (Å²) in [7, 11) is 0. The summed E-state index contributed by atoms with van der Waals surface area (Å²) < 4.78 is 28.4.